The fourth-order valence-corrected chi connectivity index (χ4v) is 4.08. The summed E-state index contributed by atoms with van der Waals surface area (Å²) in [5.74, 6) is -0.218. The molecule has 0 aliphatic heterocycles. The zero-order valence-corrected chi connectivity index (χ0v) is 19.8. The summed E-state index contributed by atoms with van der Waals surface area (Å²) in [6.07, 6.45) is 2.52. The van der Waals surface area contributed by atoms with Crippen molar-refractivity contribution in [2.24, 2.45) is 12.8 Å². The molecule has 3 rings (SSSR count). The molecule has 0 saturated heterocycles. The van der Waals surface area contributed by atoms with Crippen LogP contribution >= 0.6 is 11.6 Å². The Labute approximate surface area is 193 Å². The predicted octanol–water partition coefficient (Wildman–Crippen LogP) is 2.72. The first-order valence-corrected chi connectivity index (χ1v) is 11.0. The monoisotopic (exact) mass is 455 g/mol. The van der Waals surface area contributed by atoms with E-state index in [1.807, 2.05) is 44.6 Å². The fourth-order valence-electron chi connectivity index (χ4n) is 3.89. The lowest BCUT2D eigenvalue weighted by Crippen LogP contribution is -2.31. The molecule has 32 heavy (non-hydrogen) atoms. The maximum absolute atomic E-state index is 13.1. The molecule has 2 aromatic heterocycles. The molecule has 3 N–H and O–H groups in total. The maximum Gasteiger partial charge on any atom is 0.254 e. The minimum absolute atomic E-state index is 0.0228. The van der Waals surface area contributed by atoms with Crippen molar-refractivity contribution in [2.45, 2.75) is 53.2 Å². The van der Waals surface area contributed by atoms with Gasteiger partial charge in [0.1, 0.15) is 0 Å². The van der Waals surface area contributed by atoms with Gasteiger partial charge in [0.15, 0.2) is 0 Å². The zero-order valence-electron chi connectivity index (χ0n) is 19.0. The van der Waals surface area contributed by atoms with Crippen molar-refractivity contribution >= 4 is 17.5 Å². The number of nitrogens with two attached hydrogens (primary N) is 1. The number of nitrogens with one attached hydrogen (secondary N) is 1. The summed E-state index contributed by atoms with van der Waals surface area (Å²) in [7, 11) is 1.92. The molecule has 170 valence electrons. The van der Waals surface area contributed by atoms with Crippen LogP contribution in [-0.2, 0) is 44.3 Å². The summed E-state index contributed by atoms with van der Waals surface area (Å²) in [5, 5.41) is 7.92. The third-order valence-corrected chi connectivity index (χ3v) is 6.20. The van der Waals surface area contributed by atoms with Gasteiger partial charge in [0, 0.05) is 49.2 Å². The summed E-state index contributed by atoms with van der Waals surface area (Å²) in [6, 6.07) is 7.32. The molecule has 8 heteroatoms. The van der Waals surface area contributed by atoms with E-state index in [0.717, 1.165) is 33.6 Å². The Kier molecular flexibility index (Phi) is 7.53. The number of benzene rings is 1. The van der Waals surface area contributed by atoms with E-state index in [9.17, 15) is 9.59 Å². The van der Waals surface area contributed by atoms with Crippen LogP contribution in [0.5, 0.6) is 0 Å². The number of carbonyl (C=O) groups is 1. The van der Waals surface area contributed by atoms with Crippen LogP contribution in [0.25, 0.3) is 0 Å². The Morgan fingerprint density at radius 3 is 2.56 bits per heavy atom. The molecular weight excluding hydrogens is 426 g/mol. The van der Waals surface area contributed by atoms with E-state index in [0.29, 0.717) is 36.6 Å². The van der Waals surface area contributed by atoms with Gasteiger partial charge in [-0.25, -0.2) is 0 Å². The van der Waals surface area contributed by atoms with Gasteiger partial charge >= 0.3 is 0 Å². The van der Waals surface area contributed by atoms with Crippen molar-refractivity contribution in [3.05, 3.63) is 85.0 Å². The summed E-state index contributed by atoms with van der Waals surface area (Å²) in [6.45, 7) is 7.06. The van der Waals surface area contributed by atoms with Crippen molar-refractivity contribution in [3.63, 3.8) is 0 Å². The van der Waals surface area contributed by atoms with Gasteiger partial charge in [-0.15, -0.1) is 0 Å². The highest BCUT2D eigenvalue weighted by Crippen LogP contribution is 2.16. The molecule has 1 aromatic carbocycles. The number of aromatic nitrogens is 3. The second-order valence-electron chi connectivity index (χ2n) is 8.07. The van der Waals surface area contributed by atoms with Gasteiger partial charge in [-0.1, -0.05) is 17.7 Å². The first-order valence-electron chi connectivity index (χ1n) is 10.6. The van der Waals surface area contributed by atoms with Crippen LogP contribution in [-0.4, -0.2) is 20.3 Å². The van der Waals surface area contributed by atoms with Crippen LogP contribution in [0, 0.1) is 20.8 Å². The lowest BCUT2D eigenvalue weighted by atomic mass is 10.1. The van der Waals surface area contributed by atoms with Gasteiger partial charge in [-0.2, -0.15) is 5.10 Å². The number of pyridine rings is 1. The molecular formula is C24H30ClN5O2. The SMILES string of the molecule is Cc1ccn(CCc2c(C)nn(C)c2C)c(=O)c1CC(=O)NCc1cc(Cl)ccc1CN. The molecule has 0 spiro atoms. The number of rotatable bonds is 8. The number of nitrogens with zero attached hydrogens (tertiary/aromatic N) is 3. The molecule has 3 aromatic rings. The second-order valence-corrected chi connectivity index (χ2v) is 8.51. The van der Waals surface area contributed by atoms with Crippen molar-refractivity contribution in [2.75, 3.05) is 0 Å². The summed E-state index contributed by atoms with van der Waals surface area (Å²) in [4.78, 5) is 25.7. The van der Waals surface area contributed by atoms with E-state index in [1.165, 1.54) is 0 Å². The number of amides is 1. The number of hydrogen-bond donors (Lipinski definition) is 2. The van der Waals surface area contributed by atoms with Gasteiger partial charge in [0.25, 0.3) is 5.56 Å². The zero-order chi connectivity index (χ0) is 23.4. The summed E-state index contributed by atoms with van der Waals surface area (Å²) >= 11 is 6.07. The quantitative estimate of drug-likeness (QED) is 0.546. The van der Waals surface area contributed by atoms with Gasteiger partial charge < -0.3 is 15.6 Å². The average molecular weight is 456 g/mol. The number of carbonyl (C=O) groups excluding carboxylic acids is 1. The molecule has 0 aliphatic rings. The number of aryl methyl sites for hydroxylation is 4. The van der Waals surface area contributed by atoms with E-state index < -0.39 is 0 Å². The smallest absolute Gasteiger partial charge is 0.254 e. The van der Waals surface area contributed by atoms with E-state index in [1.54, 1.807) is 22.9 Å². The van der Waals surface area contributed by atoms with Gasteiger partial charge in [-0.05, 0) is 67.6 Å². The van der Waals surface area contributed by atoms with Gasteiger partial charge in [0.2, 0.25) is 5.91 Å². The fraction of sp³-hybridized carbons (Fsp3) is 0.375. The minimum Gasteiger partial charge on any atom is -0.352 e. The predicted molar refractivity (Wildman–Crippen MR) is 127 cm³/mol. The maximum atomic E-state index is 13.1. The Morgan fingerprint density at radius 1 is 1.16 bits per heavy atom. The summed E-state index contributed by atoms with van der Waals surface area (Å²) < 4.78 is 3.53. The molecule has 2 heterocycles. The first-order chi connectivity index (χ1) is 15.2. The van der Waals surface area contributed by atoms with Gasteiger partial charge in [-0.3, -0.25) is 14.3 Å². The number of halogens is 1. The van der Waals surface area contributed by atoms with E-state index in [-0.39, 0.29) is 17.9 Å². The topological polar surface area (TPSA) is 94.9 Å². The van der Waals surface area contributed by atoms with Crippen LogP contribution in [0.2, 0.25) is 5.02 Å². The largest absolute Gasteiger partial charge is 0.352 e. The molecule has 0 fully saturated rings. The van der Waals surface area contributed by atoms with Crippen LogP contribution in [0.3, 0.4) is 0 Å². The molecule has 1 amide bonds. The third kappa shape index (κ3) is 5.29. The Morgan fingerprint density at radius 2 is 1.91 bits per heavy atom. The van der Waals surface area contributed by atoms with E-state index >= 15 is 0 Å². The first kappa shape index (κ1) is 23.8. The Hall–Kier alpha value is -2.90. The van der Waals surface area contributed by atoms with Crippen LogP contribution in [0.1, 0.15) is 39.2 Å². The van der Waals surface area contributed by atoms with E-state index in [4.69, 9.17) is 17.3 Å². The average Bonchev–Trinajstić information content (AvgIpc) is 3.00. The molecule has 0 aliphatic carbocycles. The lowest BCUT2D eigenvalue weighted by Gasteiger charge is -2.13. The molecule has 0 saturated carbocycles. The summed E-state index contributed by atoms with van der Waals surface area (Å²) in [5.41, 5.74) is 12.0. The Bertz CT molecular complexity index is 1200. The lowest BCUT2D eigenvalue weighted by molar-refractivity contribution is -0.120. The molecule has 0 atom stereocenters. The number of hydrogen-bond acceptors (Lipinski definition) is 4. The highest BCUT2D eigenvalue weighted by molar-refractivity contribution is 6.30. The second kappa shape index (κ2) is 10.1. The van der Waals surface area contributed by atoms with Crippen molar-refractivity contribution in [1.82, 2.24) is 19.7 Å². The Balaban J connectivity index is 1.71. The van der Waals surface area contributed by atoms with Crippen molar-refractivity contribution in [1.29, 1.82) is 0 Å². The minimum atomic E-state index is -0.218. The van der Waals surface area contributed by atoms with E-state index in [2.05, 4.69) is 10.4 Å². The molecule has 0 radical (unpaired) electrons. The highest BCUT2D eigenvalue weighted by Gasteiger charge is 2.14. The normalized spacial score (nSPS) is 11.1. The van der Waals surface area contributed by atoms with Crippen molar-refractivity contribution < 1.29 is 4.79 Å². The molecule has 7 nitrogen and oxygen atoms in total. The van der Waals surface area contributed by atoms with Crippen LogP contribution in [0.15, 0.2) is 35.3 Å². The standard InChI is InChI=1S/C24H30ClN5O2/c1-15-7-9-30(10-8-21-16(2)28-29(4)17(21)3)24(32)22(15)12-23(31)27-14-19-11-20(25)6-5-18(19)13-26/h5-7,9,11H,8,10,12-14,26H2,1-4H3,(H,27,31). The van der Waals surface area contributed by atoms with Gasteiger partial charge in [0.05, 0.1) is 12.1 Å². The van der Waals surface area contributed by atoms with Crippen LogP contribution < -0.4 is 16.6 Å². The molecule has 0 bridgehead atoms. The van der Waals surface area contributed by atoms with Crippen LogP contribution in [0.4, 0.5) is 0 Å². The highest BCUT2D eigenvalue weighted by atomic mass is 35.5. The van der Waals surface area contributed by atoms with Crippen molar-refractivity contribution in [3.8, 4) is 0 Å². The third-order valence-electron chi connectivity index (χ3n) is 5.96. The molecule has 0 unspecified atom stereocenters.